The molecule has 0 rings (SSSR count). The highest BCUT2D eigenvalue weighted by molar-refractivity contribution is 5.98. The van der Waals surface area contributed by atoms with Gasteiger partial charge in [0.05, 0.1) is 0 Å². The molecule has 0 spiro atoms. The van der Waals surface area contributed by atoms with Crippen LogP contribution in [0.25, 0.3) is 0 Å². The molecular weight excluding hydrogens is 224 g/mol. The van der Waals surface area contributed by atoms with Crippen molar-refractivity contribution >= 4 is 16.6 Å². The van der Waals surface area contributed by atoms with Gasteiger partial charge in [0.2, 0.25) is 0 Å². The molecule has 1 atom stereocenters. The van der Waals surface area contributed by atoms with E-state index in [2.05, 4.69) is 11.7 Å². The number of carbonyl (C=O) groups is 1. The van der Waals surface area contributed by atoms with Crippen LogP contribution in [0.1, 0.15) is 46.5 Å². The number of allylic oxidation sites excluding steroid dienone is 1. The van der Waals surface area contributed by atoms with E-state index in [0.717, 1.165) is 31.3 Å². The van der Waals surface area contributed by atoms with Gasteiger partial charge in [0, 0.05) is 6.10 Å². The zero-order chi connectivity index (χ0) is 12.6. The van der Waals surface area contributed by atoms with Crippen LogP contribution in [0.5, 0.6) is 0 Å². The van der Waals surface area contributed by atoms with Crippen molar-refractivity contribution in [2.45, 2.75) is 52.6 Å². The van der Waals surface area contributed by atoms with E-state index >= 15 is 0 Å². The third-order valence-corrected chi connectivity index (χ3v) is 3.25. The van der Waals surface area contributed by atoms with Gasteiger partial charge in [0.15, 0.2) is 0 Å². The molecule has 16 heavy (non-hydrogen) atoms. The van der Waals surface area contributed by atoms with E-state index in [1.807, 2.05) is 6.92 Å². The lowest BCUT2D eigenvalue weighted by atomic mass is 10.0. The molecule has 0 aliphatic carbocycles. The quantitative estimate of drug-likeness (QED) is 0.425. The van der Waals surface area contributed by atoms with Crippen molar-refractivity contribution in [1.82, 2.24) is 0 Å². The second-order valence-electron chi connectivity index (χ2n) is 3.91. The molecule has 0 fully saturated rings. The Kier molecular flexibility index (Phi) is 7.93. The van der Waals surface area contributed by atoms with E-state index in [4.69, 9.17) is 9.53 Å². The Morgan fingerprint density at radius 2 is 2.06 bits per heavy atom. The first-order valence-corrected chi connectivity index (χ1v) is 6.42. The lowest BCUT2D eigenvalue weighted by Gasteiger charge is -2.16. The van der Waals surface area contributed by atoms with E-state index in [0.29, 0.717) is 16.2 Å². The fourth-order valence-corrected chi connectivity index (χ4v) is 1.84. The number of rotatable bonds is 7. The second-order valence-corrected chi connectivity index (χ2v) is 4.38. The molecule has 1 unspecified atom stereocenters. The van der Waals surface area contributed by atoms with Crippen LogP contribution in [0.4, 0.5) is 4.79 Å². The highest BCUT2D eigenvalue weighted by Gasteiger charge is 2.10. The summed E-state index contributed by atoms with van der Waals surface area (Å²) in [5.74, 6) is 0.465. The summed E-state index contributed by atoms with van der Waals surface area (Å²) in [4.78, 5) is 10.4. The zero-order valence-corrected chi connectivity index (χ0v) is 12.6. The fourth-order valence-electron chi connectivity index (χ4n) is 1.44. The molecule has 5 heteroatoms. The smallest absolute Gasteiger partial charge is 0.449 e. The van der Waals surface area contributed by atoms with Crippen molar-refractivity contribution < 1.29 is 19.1 Å². The van der Waals surface area contributed by atoms with Crippen LogP contribution >= 0.6 is 0 Å². The van der Waals surface area contributed by atoms with Crippen LogP contribution in [0.15, 0.2) is 11.3 Å². The molecule has 0 aliphatic rings. The number of hydrogen-bond donors (Lipinski definition) is 1. The van der Waals surface area contributed by atoms with Crippen molar-refractivity contribution in [3.63, 3.8) is 0 Å². The fraction of sp³-hybridized carbons (Fsp3) is 0.727. The van der Waals surface area contributed by atoms with E-state index in [9.17, 15) is 4.79 Å². The molecule has 0 aromatic carbocycles. The maximum Gasteiger partial charge on any atom is 0.511 e. The summed E-state index contributed by atoms with van der Waals surface area (Å²) in [5, 5.41) is 8.48. The maximum atomic E-state index is 10.4. The van der Waals surface area contributed by atoms with Crippen LogP contribution in [0, 0.1) is 0 Å². The monoisotopic (exact) mass is 246 g/mol. The highest BCUT2D eigenvalue weighted by Crippen LogP contribution is 2.17. The third-order valence-electron chi connectivity index (χ3n) is 2.59. The van der Waals surface area contributed by atoms with Crippen molar-refractivity contribution in [3.05, 3.63) is 11.3 Å². The largest absolute Gasteiger partial charge is 0.511 e. The first-order valence-electron chi connectivity index (χ1n) is 5.61. The predicted octanol–water partition coefficient (Wildman–Crippen LogP) is 2.22. The second kappa shape index (κ2) is 8.35. The summed E-state index contributed by atoms with van der Waals surface area (Å²) < 4.78 is 10.1. The molecule has 0 amide bonds. The Balaban J connectivity index is 4.26. The Bertz CT molecular complexity index is 250. The topological polar surface area (TPSA) is 55.8 Å². The highest BCUT2D eigenvalue weighted by atomic mass is 28.2. The number of hydrogen-bond acceptors (Lipinski definition) is 3. The molecule has 0 aliphatic heterocycles. The zero-order valence-electron chi connectivity index (χ0n) is 10.6. The predicted molar refractivity (Wildman–Crippen MR) is 66.4 cm³/mol. The Labute approximate surface area is 100 Å². The van der Waals surface area contributed by atoms with Crippen molar-refractivity contribution in [2.75, 3.05) is 0 Å². The van der Waals surface area contributed by atoms with Crippen molar-refractivity contribution in [1.29, 1.82) is 0 Å². The summed E-state index contributed by atoms with van der Waals surface area (Å²) in [6.07, 6.45) is 3.02. The molecule has 0 aromatic heterocycles. The SMILES string of the molecule is CCCCC(CC(C)=C(C)OC(=O)O)O[SiH3]. The normalized spacial score (nSPS) is 14.4. The van der Waals surface area contributed by atoms with Gasteiger partial charge < -0.3 is 14.3 Å². The molecule has 94 valence electrons. The van der Waals surface area contributed by atoms with Crippen LogP contribution in [-0.4, -0.2) is 27.9 Å². The summed E-state index contributed by atoms with van der Waals surface area (Å²) in [6.45, 7) is 5.71. The van der Waals surface area contributed by atoms with Crippen molar-refractivity contribution in [2.24, 2.45) is 0 Å². The molecular formula is C11H22O4Si. The first kappa shape index (κ1) is 15.2. The lowest BCUT2D eigenvalue weighted by Crippen LogP contribution is -2.13. The van der Waals surface area contributed by atoms with Gasteiger partial charge in [-0.25, -0.2) is 4.79 Å². The van der Waals surface area contributed by atoms with Crippen LogP contribution in [0.2, 0.25) is 0 Å². The van der Waals surface area contributed by atoms with Crippen molar-refractivity contribution in [3.8, 4) is 0 Å². The molecule has 0 saturated carbocycles. The minimum Gasteiger partial charge on any atom is -0.449 e. The van der Waals surface area contributed by atoms with Gasteiger partial charge in [0.25, 0.3) is 0 Å². The number of unbranched alkanes of at least 4 members (excludes halogenated alkanes) is 1. The van der Waals surface area contributed by atoms with Crippen LogP contribution < -0.4 is 0 Å². The number of ether oxygens (including phenoxy) is 1. The van der Waals surface area contributed by atoms with E-state index in [1.165, 1.54) is 0 Å². The minimum atomic E-state index is -1.26. The summed E-state index contributed by atoms with van der Waals surface area (Å²) in [6, 6.07) is 0. The molecule has 0 bridgehead atoms. The summed E-state index contributed by atoms with van der Waals surface area (Å²) >= 11 is 0. The molecule has 0 aromatic rings. The van der Waals surface area contributed by atoms with Gasteiger partial charge >= 0.3 is 6.16 Å². The van der Waals surface area contributed by atoms with Gasteiger partial charge in [-0.05, 0) is 32.3 Å². The number of carboxylic acid groups (broad SMARTS) is 1. The molecule has 4 nitrogen and oxygen atoms in total. The van der Waals surface area contributed by atoms with Gasteiger partial charge in [0.1, 0.15) is 16.2 Å². The standard InChI is InChI=1S/C11H22O4Si/c1-4-5-6-10(15-16)7-8(2)9(3)14-11(12)13/h10H,4-7H2,1-3,16H3,(H,12,13). The Morgan fingerprint density at radius 3 is 2.50 bits per heavy atom. The average Bonchev–Trinajstić information content (AvgIpc) is 2.22. The van der Waals surface area contributed by atoms with Crippen LogP contribution in [-0.2, 0) is 9.16 Å². The average molecular weight is 246 g/mol. The maximum absolute atomic E-state index is 10.4. The molecule has 0 radical (unpaired) electrons. The van der Waals surface area contributed by atoms with Gasteiger partial charge in [-0.15, -0.1) is 0 Å². The molecule has 0 heterocycles. The third kappa shape index (κ3) is 6.63. The molecule has 0 saturated heterocycles. The molecule has 1 N–H and O–H groups in total. The summed E-state index contributed by atoms with van der Waals surface area (Å²) in [5.41, 5.74) is 0.944. The Morgan fingerprint density at radius 1 is 1.44 bits per heavy atom. The lowest BCUT2D eigenvalue weighted by molar-refractivity contribution is 0.117. The first-order chi connectivity index (χ1) is 7.51. The van der Waals surface area contributed by atoms with E-state index in [1.54, 1.807) is 6.92 Å². The summed E-state index contributed by atoms with van der Waals surface area (Å²) in [7, 11) is 0.709. The van der Waals surface area contributed by atoms with Crippen LogP contribution in [0.3, 0.4) is 0 Å². The minimum absolute atomic E-state index is 0.207. The van der Waals surface area contributed by atoms with E-state index < -0.39 is 6.16 Å². The van der Waals surface area contributed by atoms with Gasteiger partial charge in [-0.2, -0.15) is 0 Å². The Hall–Kier alpha value is -0.813. The van der Waals surface area contributed by atoms with E-state index in [-0.39, 0.29) is 6.10 Å². The van der Waals surface area contributed by atoms with Gasteiger partial charge in [-0.3, -0.25) is 0 Å². The van der Waals surface area contributed by atoms with Gasteiger partial charge in [-0.1, -0.05) is 19.8 Å².